The smallest absolute Gasteiger partial charge is 0.268 e. The molecule has 0 aliphatic carbocycles. The van der Waals surface area contributed by atoms with Gasteiger partial charge in [0.05, 0.1) is 10.6 Å². The molecule has 2 heterocycles. The van der Waals surface area contributed by atoms with Crippen molar-refractivity contribution in [1.82, 2.24) is 10.2 Å². The minimum atomic E-state index is -0.0723. The number of amides is 1. The highest BCUT2D eigenvalue weighted by molar-refractivity contribution is 8.19. The number of benzene rings is 2. The molecule has 1 amide bonds. The van der Waals surface area contributed by atoms with Crippen LogP contribution >= 0.6 is 23.1 Å². The first kappa shape index (κ1) is 19.5. The highest BCUT2D eigenvalue weighted by Gasteiger charge is 2.36. The summed E-state index contributed by atoms with van der Waals surface area (Å²) in [6.45, 7) is 8.05. The second-order valence-corrected chi connectivity index (χ2v) is 8.97. The van der Waals surface area contributed by atoms with Gasteiger partial charge in [-0.2, -0.15) is 4.99 Å². The van der Waals surface area contributed by atoms with Crippen molar-refractivity contribution < 1.29 is 4.79 Å². The third-order valence-electron chi connectivity index (χ3n) is 4.78. The zero-order chi connectivity index (χ0) is 20.5. The summed E-state index contributed by atoms with van der Waals surface area (Å²) in [5.41, 5.74) is 5.22. The molecule has 1 saturated heterocycles. The summed E-state index contributed by atoms with van der Waals surface area (Å²) in [6, 6.07) is 15.9. The van der Waals surface area contributed by atoms with Gasteiger partial charge in [-0.25, -0.2) is 0 Å². The van der Waals surface area contributed by atoms with Crippen LogP contribution in [0.25, 0.3) is 5.57 Å². The molecule has 3 aromatic rings. The fourth-order valence-corrected chi connectivity index (χ4v) is 4.66. The van der Waals surface area contributed by atoms with Crippen LogP contribution in [0.1, 0.15) is 28.6 Å². The number of carbonyl (C=O) groups is 1. The summed E-state index contributed by atoms with van der Waals surface area (Å²) in [4.78, 5) is 20.4. The fraction of sp³-hybridized carbons (Fsp3) is 0.182. The van der Waals surface area contributed by atoms with Crippen molar-refractivity contribution in [3.8, 4) is 0 Å². The quantitative estimate of drug-likeness (QED) is 0.513. The monoisotopic (exact) mass is 420 g/mol. The number of thioether (sulfide) groups is 1. The molecule has 0 bridgehead atoms. The average Bonchev–Trinajstić information content (AvgIpc) is 3.27. The van der Waals surface area contributed by atoms with Crippen molar-refractivity contribution in [3.05, 3.63) is 75.1 Å². The maximum Gasteiger partial charge on any atom is 0.271 e. The number of hydrogen-bond donors (Lipinski definition) is 0. The van der Waals surface area contributed by atoms with Crippen LogP contribution in [0.5, 0.6) is 0 Å². The van der Waals surface area contributed by atoms with Crippen LogP contribution < -0.4 is 4.90 Å². The highest BCUT2D eigenvalue weighted by atomic mass is 32.2. The number of anilines is 1. The number of aromatic nitrogens is 2. The van der Waals surface area contributed by atoms with E-state index < -0.39 is 0 Å². The van der Waals surface area contributed by atoms with Crippen LogP contribution in [-0.4, -0.2) is 21.3 Å². The summed E-state index contributed by atoms with van der Waals surface area (Å²) in [7, 11) is 0. The number of allylic oxidation sites excluding steroid dienone is 1. The summed E-state index contributed by atoms with van der Waals surface area (Å²) >= 11 is 2.79. The van der Waals surface area contributed by atoms with Crippen molar-refractivity contribution in [1.29, 1.82) is 0 Å². The summed E-state index contributed by atoms with van der Waals surface area (Å²) in [6.07, 6.45) is 0. The zero-order valence-corrected chi connectivity index (χ0v) is 18.3. The van der Waals surface area contributed by atoms with Gasteiger partial charge in [0.25, 0.3) is 5.91 Å². The molecule has 1 aliphatic heterocycles. The lowest BCUT2D eigenvalue weighted by Crippen LogP contribution is -2.28. The van der Waals surface area contributed by atoms with E-state index in [9.17, 15) is 4.79 Å². The number of para-hydroxylation sites is 1. The maximum absolute atomic E-state index is 13.4. The number of aryl methyl sites for hydroxylation is 3. The van der Waals surface area contributed by atoms with E-state index in [1.54, 1.807) is 4.90 Å². The molecule has 5 nitrogen and oxygen atoms in total. The van der Waals surface area contributed by atoms with E-state index in [4.69, 9.17) is 0 Å². The van der Waals surface area contributed by atoms with E-state index in [-0.39, 0.29) is 5.91 Å². The zero-order valence-electron chi connectivity index (χ0n) is 16.6. The molecule has 29 heavy (non-hydrogen) atoms. The number of hydrogen-bond acceptors (Lipinski definition) is 6. The van der Waals surface area contributed by atoms with Gasteiger partial charge in [0.15, 0.2) is 5.17 Å². The second-order valence-electron chi connectivity index (χ2n) is 6.83. The number of rotatable bonds is 3. The van der Waals surface area contributed by atoms with Crippen LogP contribution in [0.2, 0.25) is 0 Å². The third kappa shape index (κ3) is 3.88. The van der Waals surface area contributed by atoms with Crippen LogP contribution in [-0.2, 0) is 4.79 Å². The van der Waals surface area contributed by atoms with Gasteiger partial charge in [0, 0.05) is 0 Å². The van der Waals surface area contributed by atoms with Gasteiger partial charge < -0.3 is 0 Å². The molecule has 1 aromatic heterocycles. The molecule has 0 atom stereocenters. The SMILES string of the molecule is C/C(=C1/S/C(=N/c2nnc(C)s2)N(c2ccccc2)C1=O)c1ccc(C)c(C)c1. The lowest BCUT2D eigenvalue weighted by Gasteiger charge is -2.15. The summed E-state index contributed by atoms with van der Waals surface area (Å²) in [5, 5.41) is 10.1. The number of aliphatic imine (C=N–C) groups is 1. The van der Waals surface area contributed by atoms with Gasteiger partial charge in [0.1, 0.15) is 5.01 Å². The molecule has 0 spiro atoms. The van der Waals surface area contributed by atoms with Crippen molar-refractivity contribution in [2.45, 2.75) is 27.7 Å². The Morgan fingerprint density at radius 2 is 1.76 bits per heavy atom. The fourth-order valence-electron chi connectivity index (χ4n) is 3.00. The molecule has 0 unspecified atom stereocenters. The van der Waals surface area contributed by atoms with E-state index in [0.717, 1.165) is 21.8 Å². The average molecular weight is 421 g/mol. The van der Waals surface area contributed by atoms with Crippen LogP contribution in [0.15, 0.2) is 58.4 Å². The Labute approximate surface area is 178 Å². The Morgan fingerprint density at radius 3 is 2.41 bits per heavy atom. The first-order chi connectivity index (χ1) is 13.9. The highest BCUT2D eigenvalue weighted by Crippen LogP contribution is 2.40. The van der Waals surface area contributed by atoms with Crippen molar-refractivity contribution in [3.63, 3.8) is 0 Å². The lowest BCUT2D eigenvalue weighted by atomic mass is 10.0. The molecule has 0 N–H and O–H groups in total. The van der Waals surface area contributed by atoms with Crippen molar-refractivity contribution in [2.75, 3.05) is 4.90 Å². The van der Waals surface area contributed by atoms with Crippen molar-refractivity contribution in [2.24, 2.45) is 4.99 Å². The van der Waals surface area contributed by atoms with Gasteiger partial charge in [-0.05, 0) is 73.9 Å². The van der Waals surface area contributed by atoms with E-state index in [1.165, 1.54) is 34.2 Å². The Kier molecular flexibility index (Phi) is 5.34. The van der Waals surface area contributed by atoms with E-state index in [2.05, 4.69) is 47.2 Å². The first-order valence-corrected chi connectivity index (χ1v) is 10.8. The molecule has 1 fully saturated rings. The third-order valence-corrected chi connectivity index (χ3v) is 6.66. The standard InChI is InChI=1S/C22H20N4OS2/c1-13-10-11-17(12-14(13)2)15(3)19-20(27)26(18-8-6-5-7-9-18)22(29-19)23-21-25-24-16(4)28-21/h5-12H,1-4H3/b19-15-,23-22+. The predicted octanol–water partition coefficient (Wildman–Crippen LogP) is 5.66. The minimum absolute atomic E-state index is 0.0723. The number of nitrogens with zero attached hydrogens (tertiary/aromatic N) is 4. The van der Waals surface area contributed by atoms with Gasteiger partial charge in [-0.1, -0.05) is 47.7 Å². The molecular weight excluding hydrogens is 400 g/mol. The van der Waals surface area contributed by atoms with E-state index >= 15 is 0 Å². The Bertz CT molecular complexity index is 1150. The van der Waals surface area contributed by atoms with Crippen LogP contribution in [0.4, 0.5) is 10.8 Å². The normalized spacial score (nSPS) is 17.3. The molecular formula is C22H20N4OS2. The molecule has 0 saturated carbocycles. The summed E-state index contributed by atoms with van der Waals surface area (Å²) < 4.78 is 0. The minimum Gasteiger partial charge on any atom is -0.268 e. The largest absolute Gasteiger partial charge is 0.271 e. The second kappa shape index (κ2) is 7.93. The molecule has 7 heteroatoms. The molecule has 1 aliphatic rings. The Balaban J connectivity index is 1.82. The first-order valence-electron chi connectivity index (χ1n) is 9.18. The van der Waals surface area contributed by atoms with Gasteiger partial charge in [-0.15, -0.1) is 10.2 Å². The van der Waals surface area contributed by atoms with Crippen LogP contribution in [0.3, 0.4) is 0 Å². The summed E-state index contributed by atoms with van der Waals surface area (Å²) in [5.74, 6) is -0.0723. The number of carbonyl (C=O) groups excluding carboxylic acids is 1. The van der Waals surface area contributed by atoms with Crippen LogP contribution in [0, 0.1) is 20.8 Å². The van der Waals surface area contributed by atoms with E-state index in [0.29, 0.717) is 15.2 Å². The topological polar surface area (TPSA) is 58.5 Å². The Hall–Kier alpha value is -2.77. The predicted molar refractivity (Wildman–Crippen MR) is 122 cm³/mol. The Morgan fingerprint density at radius 1 is 1.00 bits per heavy atom. The van der Waals surface area contributed by atoms with Crippen molar-refractivity contribution >= 4 is 50.6 Å². The molecule has 146 valence electrons. The molecule has 4 rings (SSSR count). The van der Waals surface area contributed by atoms with Gasteiger partial charge >= 0.3 is 0 Å². The maximum atomic E-state index is 13.4. The van der Waals surface area contributed by atoms with Gasteiger partial charge in [-0.3, -0.25) is 9.69 Å². The molecule has 2 aromatic carbocycles. The lowest BCUT2D eigenvalue weighted by molar-refractivity contribution is -0.113. The van der Waals surface area contributed by atoms with E-state index in [1.807, 2.05) is 44.2 Å². The molecule has 0 radical (unpaired) electrons. The van der Waals surface area contributed by atoms with Gasteiger partial charge in [0.2, 0.25) is 5.13 Å². The number of amidine groups is 1.